The molecule has 0 saturated carbocycles. The summed E-state index contributed by atoms with van der Waals surface area (Å²) in [5.41, 5.74) is 1.14. The summed E-state index contributed by atoms with van der Waals surface area (Å²) in [5.74, 6) is -0.0214. The van der Waals surface area contributed by atoms with E-state index in [1.54, 1.807) is 12.1 Å². The maximum absolute atomic E-state index is 10.6. The second kappa shape index (κ2) is 9.05. The van der Waals surface area contributed by atoms with Gasteiger partial charge in [-0.1, -0.05) is 18.2 Å². The lowest BCUT2D eigenvalue weighted by Crippen LogP contribution is -2.32. The first-order valence-electron chi connectivity index (χ1n) is 10.6. The molecule has 0 saturated heterocycles. The number of ether oxygens (including phenoxy) is 1. The Morgan fingerprint density at radius 2 is 2.08 bits per heavy atom. The molecule has 0 aliphatic carbocycles. The summed E-state index contributed by atoms with van der Waals surface area (Å²) in [6.45, 7) is -2.46. The number of methoxy groups -OCH3 is 1. The topological polar surface area (TPSA) is 90.8 Å². The van der Waals surface area contributed by atoms with Crippen molar-refractivity contribution >= 4 is 12.1 Å². The fraction of sp³-hybridized carbons (Fsp3) is 0.316. The predicted octanol–water partition coefficient (Wildman–Crippen LogP) is 2.22. The van der Waals surface area contributed by atoms with Crippen molar-refractivity contribution < 1.29 is 28.0 Å². The van der Waals surface area contributed by atoms with Gasteiger partial charge in [0.2, 0.25) is 6.41 Å². The van der Waals surface area contributed by atoms with Crippen LogP contribution in [-0.2, 0) is 11.2 Å². The molecular weight excluding hydrogens is 320 g/mol. The van der Waals surface area contributed by atoms with Crippen LogP contribution in [0, 0.1) is 0 Å². The summed E-state index contributed by atoms with van der Waals surface area (Å²) in [4.78, 5) is 10.6. The van der Waals surface area contributed by atoms with Crippen LogP contribution in [0.2, 0.25) is 0 Å². The summed E-state index contributed by atoms with van der Waals surface area (Å²) >= 11 is 0. The molecule has 0 fully saturated rings. The number of phenols is 1. The molecular formula is C19H24N2O4. The highest BCUT2D eigenvalue weighted by molar-refractivity contribution is 5.75. The van der Waals surface area contributed by atoms with Gasteiger partial charge in [-0.05, 0) is 48.7 Å². The number of carbonyl (C=O) groups is 1. The third-order valence-corrected chi connectivity index (χ3v) is 3.66. The Labute approximate surface area is 155 Å². The highest BCUT2D eigenvalue weighted by Crippen LogP contribution is 2.26. The molecule has 2 aromatic rings. The first kappa shape index (κ1) is 11.9. The molecule has 1 amide bonds. The zero-order valence-corrected chi connectivity index (χ0v) is 13.4. The van der Waals surface area contributed by atoms with Gasteiger partial charge in [-0.25, -0.2) is 0 Å². The second-order valence-electron chi connectivity index (χ2n) is 5.47. The Balaban J connectivity index is 2.05. The van der Waals surface area contributed by atoms with Crippen LogP contribution in [0.5, 0.6) is 11.5 Å². The number of hydrogen-bond donors (Lipinski definition) is 4. The number of anilines is 1. The molecule has 2 atom stereocenters. The minimum Gasteiger partial charge on any atom is -0.506 e. The predicted molar refractivity (Wildman–Crippen MR) is 96.9 cm³/mol. The van der Waals surface area contributed by atoms with Gasteiger partial charge in [-0.15, -0.1) is 0 Å². The number of aromatic hydroxyl groups is 1. The number of benzene rings is 2. The second-order valence-corrected chi connectivity index (χ2v) is 5.47. The van der Waals surface area contributed by atoms with E-state index >= 15 is 0 Å². The van der Waals surface area contributed by atoms with E-state index in [0.717, 1.165) is 0 Å². The zero-order chi connectivity index (χ0) is 23.2. The number of nitrogens with one attached hydrogen (secondary N) is 2. The molecule has 4 N–H and O–H groups in total. The summed E-state index contributed by atoms with van der Waals surface area (Å²) in [7, 11) is -2.57. The minimum atomic E-state index is -2.57. The van der Waals surface area contributed by atoms with Crippen LogP contribution in [0.15, 0.2) is 42.5 Å². The molecule has 0 heterocycles. The molecule has 6 heteroatoms. The van der Waals surface area contributed by atoms with Crippen molar-refractivity contribution in [2.24, 2.45) is 0 Å². The van der Waals surface area contributed by atoms with Crippen LogP contribution in [0.4, 0.5) is 5.69 Å². The van der Waals surface area contributed by atoms with Crippen molar-refractivity contribution in [2.45, 2.75) is 25.4 Å². The average Bonchev–Trinajstić information content (AvgIpc) is 2.66. The van der Waals surface area contributed by atoms with Crippen LogP contribution < -0.4 is 15.4 Å². The number of carbonyl (C=O) groups excluding carboxylic acids is 1. The van der Waals surface area contributed by atoms with E-state index in [9.17, 15) is 15.0 Å². The van der Waals surface area contributed by atoms with Crippen LogP contribution in [0.1, 0.15) is 32.3 Å². The van der Waals surface area contributed by atoms with Crippen LogP contribution in [-0.4, -0.2) is 36.2 Å². The van der Waals surface area contributed by atoms with E-state index in [1.807, 2.05) is 0 Å². The lowest BCUT2D eigenvalue weighted by Gasteiger charge is -2.18. The van der Waals surface area contributed by atoms with Crippen LogP contribution >= 0.6 is 0 Å². The summed E-state index contributed by atoms with van der Waals surface area (Å²) in [6, 6.07) is 9.24. The molecule has 0 spiro atoms. The number of amides is 1. The summed E-state index contributed by atoms with van der Waals surface area (Å²) in [6.07, 6.45) is -0.597. The maximum atomic E-state index is 10.6. The Bertz CT molecular complexity index is 871. The van der Waals surface area contributed by atoms with Crippen LogP contribution in [0.25, 0.3) is 0 Å². The first-order valence-corrected chi connectivity index (χ1v) is 7.61. The Kier molecular flexibility index (Phi) is 4.31. The number of aliphatic hydroxyl groups is 1. The maximum Gasteiger partial charge on any atom is 0.211 e. The number of rotatable bonds is 9. The van der Waals surface area contributed by atoms with E-state index in [-0.39, 0.29) is 30.2 Å². The van der Waals surface area contributed by atoms with Crippen molar-refractivity contribution in [3.05, 3.63) is 53.6 Å². The molecule has 0 aliphatic rings. The van der Waals surface area contributed by atoms with Gasteiger partial charge in [-0.2, -0.15) is 0 Å². The van der Waals surface area contributed by atoms with E-state index < -0.39 is 26.0 Å². The quantitative estimate of drug-likeness (QED) is 0.411. The first-order chi connectivity index (χ1) is 14.4. The van der Waals surface area contributed by atoms with Gasteiger partial charge >= 0.3 is 0 Å². The van der Waals surface area contributed by atoms with Gasteiger partial charge in [0.1, 0.15) is 11.5 Å². The lowest BCUT2D eigenvalue weighted by molar-refractivity contribution is -0.105. The molecule has 134 valence electrons. The molecule has 2 rings (SSSR count). The van der Waals surface area contributed by atoms with Gasteiger partial charge in [0.05, 0.1) is 22.9 Å². The molecule has 25 heavy (non-hydrogen) atoms. The smallest absolute Gasteiger partial charge is 0.211 e. The van der Waals surface area contributed by atoms with Gasteiger partial charge in [0.15, 0.2) is 0 Å². The molecule has 6 nitrogen and oxygen atoms in total. The van der Waals surface area contributed by atoms with E-state index in [0.29, 0.717) is 17.5 Å². The van der Waals surface area contributed by atoms with Crippen molar-refractivity contribution in [1.29, 1.82) is 0 Å². The minimum absolute atomic E-state index is 0.0887. The van der Waals surface area contributed by atoms with Gasteiger partial charge in [-0.3, -0.25) is 4.79 Å². The highest BCUT2D eigenvalue weighted by Gasteiger charge is 2.12. The standard InChI is InChI=1S/C19H24N2O4/c1-13(9-14-3-6-16(25-2)7-4-14)20-11-19(24)15-5-8-18(23)17(10-15)21-12-22/h3-8,10,12-13,19-20,23-24H,9,11H2,1-2H3,(H,21,22)/t13-,19+/m1/s1/i1D3,2D3. The molecule has 0 radical (unpaired) electrons. The SMILES string of the molecule is [2H]C([2H])([2H])Oc1ccc(C[C@H](NC[C@H](O)c2ccc(O)c(NC=O)c2)C([2H])([2H])[2H])cc1. The fourth-order valence-electron chi connectivity index (χ4n) is 2.31. The van der Waals surface area contributed by atoms with Crippen molar-refractivity contribution in [3.63, 3.8) is 0 Å². The number of hydrogen-bond acceptors (Lipinski definition) is 5. The van der Waals surface area contributed by atoms with Gasteiger partial charge in [0, 0.05) is 16.7 Å². The van der Waals surface area contributed by atoms with Crippen LogP contribution in [0.3, 0.4) is 0 Å². The largest absolute Gasteiger partial charge is 0.506 e. The molecule has 0 aliphatic heterocycles. The van der Waals surface area contributed by atoms with Gasteiger partial charge in [0.25, 0.3) is 0 Å². The lowest BCUT2D eigenvalue weighted by atomic mass is 10.1. The zero-order valence-electron chi connectivity index (χ0n) is 19.4. The van der Waals surface area contributed by atoms with Crippen molar-refractivity contribution in [3.8, 4) is 11.5 Å². The molecule has 2 aromatic carbocycles. The molecule has 0 bridgehead atoms. The fourth-order valence-corrected chi connectivity index (χ4v) is 2.31. The molecule has 0 unspecified atom stereocenters. The Morgan fingerprint density at radius 3 is 2.76 bits per heavy atom. The van der Waals surface area contributed by atoms with E-state index in [4.69, 9.17) is 13.0 Å². The van der Waals surface area contributed by atoms with Crippen molar-refractivity contribution in [1.82, 2.24) is 5.32 Å². The highest BCUT2D eigenvalue weighted by atomic mass is 16.5. The summed E-state index contributed by atoms with van der Waals surface area (Å²) in [5, 5.41) is 25.3. The number of aliphatic hydroxyl groups excluding tert-OH is 1. The normalized spacial score (nSPS) is 17.6. The summed E-state index contributed by atoms with van der Waals surface area (Å²) < 4.78 is 49.4. The van der Waals surface area contributed by atoms with E-state index in [1.165, 1.54) is 30.3 Å². The van der Waals surface area contributed by atoms with E-state index in [2.05, 4.69) is 10.6 Å². The Morgan fingerprint density at radius 1 is 1.28 bits per heavy atom. The monoisotopic (exact) mass is 350 g/mol. The third-order valence-electron chi connectivity index (χ3n) is 3.66. The van der Waals surface area contributed by atoms with Crippen molar-refractivity contribution in [2.75, 3.05) is 18.9 Å². The average molecular weight is 350 g/mol. The Hall–Kier alpha value is -2.57. The van der Waals surface area contributed by atoms with Gasteiger partial charge < -0.3 is 25.6 Å². The molecule has 0 aromatic heterocycles. The number of phenolic OH excluding ortho intramolecular Hbond substituents is 1. The third kappa shape index (κ3) is 5.48.